The number of hydrogen-bond donors (Lipinski definition) is 1. The predicted octanol–water partition coefficient (Wildman–Crippen LogP) is 3.75. The van der Waals surface area contributed by atoms with Crippen molar-refractivity contribution >= 4 is 44.3 Å². The first kappa shape index (κ1) is 26.1. The van der Waals surface area contributed by atoms with Gasteiger partial charge in [-0.15, -0.1) is 0 Å². The topological polar surface area (TPSA) is 115 Å². The summed E-state index contributed by atoms with van der Waals surface area (Å²) in [5, 5.41) is 5.70. The molecule has 1 amide bonds. The summed E-state index contributed by atoms with van der Waals surface area (Å²) in [5.41, 5.74) is 3.33. The smallest absolute Gasteiger partial charge is 0.262 e. The van der Waals surface area contributed by atoms with E-state index in [1.165, 1.54) is 23.9 Å². The van der Waals surface area contributed by atoms with Crippen molar-refractivity contribution in [2.45, 2.75) is 54.6 Å². The molecule has 0 spiro atoms. The van der Waals surface area contributed by atoms with E-state index in [0.29, 0.717) is 29.0 Å². The number of benzene rings is 3. The van der Waals surface area contributed by atoms with Crippen LogP contribution >= 0.6 is 11.8 Å². The number of hydrogen-bond acceptors (Lipinski definition) is 6. The van der Waals surface area contributed by atoms with E-state index < -0.39 is 15.3 Å². The molecule has 1 aliphatic heterocycles. The Morgan fingerprint density at radius 1 is 1.08 bits per heavy atom. The molecule has 0 saturated heterocycles. The van der Waals surface area contributed by atoms with E-state index in [9.17, 15) is 18.0 Å². The Labute approximate surface area is 225 Å². The van der Waals surface area contributed by atoms with Crippen molar-refractivity contribution in [2.24, 2.45) is 5.14 Å². The van der Waals surface area contributed by atoms with E-state index in [-0.39, 0.29) is 22.4 Å². The fourth-order valence-electron chi connectivity index (χ4n) is 4.83. The fraction of sp³-hybridized carbons (Fsp3) is 0.250. The van der Waals surface area contributed by atoms with Crippen LogP contribution in [0.2, 0.25) is 0 Å². The minimum absolute atomic E-state index is 0.0278. The second-order valence-electron chi connectivity index (χ2n) is 9.46. The van der Waals surface area contributed by atoms with Gasteiger partial charge in [-0.2, -0.15) is 0 Å². The van der Waals surface area contributed by atoms with Crippen molar-refractivity contribution in [3.63, 3.8) is 0 Å². The third kappa shape index (κ3) is 5.11. The van der Waals surface area contributed by atoms with Crippen LogP contribution in [0.25, 0.3) is 10.9 Å². The van der Waals surface area contributed by atoms with Gasteiger partial charge < -0.3 is 4.90 Å². The van der Waals surface area contributed by atoms with Gasteiger partial charge in [0, 0.05) is 18.3 Å². The molecule has 38 heavy (non-hydrogen) atoms. The Morgan fingerprint density at radius 2 is 1.76 bits per heavy atom. The number of aromatic nitrogens is 2. The van der Waals surface area contributed by atoms with Crippen molar-refractivity contribution in [1.29, 1.82) is 0 Å². The average Bonchev–Trinajstić information content (AvgIpc) is 3.23. The molecule has 0 bridgehead atoms. The van der Waals surface area contributed by atoms with Gasteiger partial charge >= 0.3 is 0 Å². The maximum atomic E-state index is 13.6. The second-order valence-corrected chi connectivity index (χ2v) is 12.3. The number of thioether (sulfide) groups is 1. The number of rotatable bonds is 7. The first-order valence-electron chi connectivity index (χ1n) is 12.3. The molecule has 2 N–H and O–H groups in total. The van der Waals surface area contributed by atoms with Crippen LogP contribution in [-0.2, 0) is 34.2 Å². The highest BCUT2D eigenvalue weighted by Crippen LogP contribution is 2.34. The van der Waals surface area contributed by atoms with Gasteiger partial charge in [-0.05, 0) is 68.1 Å². The van der Waals surface area contributed by atoms with E-state index in [1.807, 2.05) is 43.0 Å². The SMILES string of the molecule is C[C@@H]1Cc2ccccc2N1C(=O)[C@@H](C)Sc1nc2ccccc2c(=O)n1CCc1ccc(S(N)(=O)=O)cc1. The zero-order valence-corrected chi connectivity index (χ0v) is 22.7. The van der Waals surface area contributed by atoms with Crippen LogP contribution in [0.3, 0.4) is 0 Å². The maximum Gasteiger partial charge on any atom is 0.262 e. The third-order valence-corrected chi connectivity index (χ3v) is 8.78. The van der Waals surface area contributed by atoms with Gasteiger partial charge in [0.1, 0.15) is 0 Å². The van der Waals surface area contributed by atoms with E-state index in [0.717, 1.165) is 23.2 Å². The van der Waals surface area contributed by atoms with Crippen LogP contribution in [0.4, 0.5) is 5.69 Å². The summed E-state index contributed by atoms with van der Waals surface area (Å²) in [6, 6.07) is 21.4. The van der Waals surface area contributed by atoms with Gasteiger partial charge in [-0.1, -0.05) is 54.2 Å². The van der Waals surface area contributed by atoms with E-state index in [2.05, 4.69) is 6.07 Å². The molecular formula is C28H28N4O4S2. The summed E-state index contributed by atoms with van der Waals surface area (Å²) in [4.78, 5) is 33.8. The first-order valence-corrected chi connectivity index (χ1v) is 14.7. The normalized spacial score (nSPS) is 16.0. The monoisotopic (exact) mass is 548 g/mol. The summed E-state index contributed by atoms with van der Waals surface area (Å²) in [7, 11) is -3.78. The van der Waals surface area contributed by atoms with E-state index in [1.54, 1.807) is 34.9 Å². The first-order chi connectivity index (χ1) is 18.1. The molecule has 8 nitrogen and oxygen atoms in total. The lowest BCUT2D eigenvalue weighted by Gasteiger charge is -2.26. The molecule has 0 saturated carbocycles. The largest absolute Gasteiger partial charge is 0.308 e. The molecule has 10 heteroatoms. The second kappa shape index (κ2) is 10.4. The van der Waals surface area contributed by atoms with Crippen LogP contribution in [-0.4, -0.2) is 35.2 Å². The van der Waals surface area contributed by atoms with Crippen molar-refractivity contribution in [3.8, 4) is 0 Å². The number of anilines is 1. The lowest BCUT2D eigenvalue weighted by Crippen LogP contribution is -2.40. The third-order valence-electron chi connectivity index (χ3n) is 6.78. The van der Waals surface area contributed by atoms with Gasteiger partial charge in [0.15, 0.2) is 5.16 Å². The number of nitrogens with zero attached hydrogens (tertiary/aromatic N) is 3. The predicted molar refractivity (Wildman–Crippen MR) is 150 cm³/mol. The summed E-state index contributed by atoms with van der Waals surface area (Å²) in [6.07, 6.45) is 1.28. The van der Waals surface area contributed by atoms with Gasteiger partial charge in [0.05, 0.1) is 21.0 Å². The highest BCUT2D eigenvalue weighted by Gasteiger charge is 2.34. The Balaban J connectivity index is 1.44. The fourth-order valence-corrected chi connectivity index (χ4v) is 6.33. The Morgan fingerprint density at radius 3 is 2.50 bits per heavy atom. The van der Waals surface area contributed by atoms with E-state index in [4.69, 9.17) is 10.1 Å². The molecular weight excluding hydrogens is 520 g/mol. The number of sulfonamides is 1. The Bertz CT molecular complexity index is 1680. The standard InChI is InChI=1S/C28H28N4O4S2/c1-18-17-21-7-3-6-10-25(21)32(18)26(33)19(2)37-28-30-24-9-5-4-8-23(24)27(34)31(28)16-15-20-11-13-22(14-12-20)38(29,35)36/h3-14,18-19H,15-17H2,1-2H3,(H2,29,35,36)/t18-,19-/m1/s1. The number of nitrogens with two attached hydrogens (primary N) is 1. The van der Waals surface area contributed by atoms with E-state index >= 15 is 0 Å². The molecule has 196 valence electrons. The Kier molecular flexibility index (Phi) is 7.13. The highest BCUT2D eigenvalue weighted by molar-refractivity contribution is 8.00. The van der Waals surface area contributed by atoms with Crippen molar-refractivity contribution < 1.29 is 13.2 Å². The molecule has 1 aliphatic rings. The Hall–Kier alpha value is -3.47. The number of carbonyl (C=O) groups excluding carboxylic acids is 1. The number of fused-ring (bicyclic) bond motifs is 2. The number of aryl methyl sites for hydroxylation is 1. The van der Waals surface area contributed by atoms with Crippen LogP contribution in [0.1, 0.15) is 25.0 Å². The zero-order chi connectivity index (χ0) is 27.0. The molecule has 0 aliphatic carbocycles. The van der Waals surface area contributed by atoms with Crippen LogP contribution in [0, 0.1) is 0 Å². The lowest BCUT2D eigenvalue weighted by atomic mass is 10.1. The molecule has 2 atom stereocenters. The molecule has 0 fully saturated rings. The summed E-state index contributed by atoms with van der Waals surface area (Å²) in [5.74, 6) is -0.0278. The molecule has 1 aromatic heterocycles. The molecule has 3 aromatic carbocycles. The zero-order valence-electron chi connectivity index (χ0n) is 21.1. The molecule has 0 unspecified atom stereocenters. The van der Waals surface area contributed by atoms with Gasteiger partial charge in [0.25, 0.3) is 5.56 Å². The summed E-state index contributed by atoms with van der Waals surface area (Å²) >= 11 is 1.28. The molecule has 5 rings (SSSR count). The number of carbonyl (C=O) groups is 1. The molecule has 2 heterocycles. The quantitative estimate of drug-likeness (QED) is 0.278. The van der Waals surface area contributed by atoms with Crippen LogP contribution in [0.5, 0.6) is 0 Å². The van der Waals surface area contributed by atoms with Crippen molar-refractivity contribution in [1.82, 2.24) is 9.55 Å². The van der Waals surface area contributed by atoms with Gasteiger partial charge in [0.2, 0.25) is 15.9 Å². The lowest BCUT2D eigenvalue weighted by molar-refractivity contribution is -0.118. The number of para-hydroxylation sites is 2. The molecule has 4 aromatic rings. The van der Waals surface area contributed by atoms with Gasteiger partial charge in [-0.25, -0.2) is 18.5 Å². The molecule has 0 radical (unpaired) electrons. The van der Waals surface area contributed by atoms with Crippen LogP contribution in [0.15, 0.2) is 87.6 Å². The minimum Gasteiger partial charge on any atom is -0.308 e. The summed E-state index contributed by atoms with van der Waals surface area (Å²) in [6.45, 7) is 4.20. The number of primary sulfonamides is 1. The van der Waals surface area contributed by atoms with Gasteiger partial charge in [-0.3, -0.25) is 14.2 Å². The maximum absolute atomic E-state index is 13.6. The average molecular weight is 549 g/mol. The van der Waals surface area contributed by atoms with Crippen LogP contribution < -0.4 is 15.6 Å². The van der Waals surface area contributed by atoms with Crippen molar-refractivity contribution in [2.75, 3.05) is 4.90 Å². The minimum atomic E-state index is -3.78. The summed E-state index contributed by atoms with van der Waals surface area (Å²) < 4.78 is 24.7. The highest BCUT2D eigenvalue weighted by atomic mass is 32.2. The number of amides is 1. The van der Waals surface area contributed by atoms with Crippen molar-refractivity contribution in [3.05, 3.63) is 94.3 Å².